The van der Waals surface area contributed by atoms with E-state index in [0.717, 1.165) is 11.2 Å². The number of halogens is 1. The van der Waals surface area contributed by atoms with Gasteiger partial charge in [0.1, 0.15) is 0 Å². The summed E-state index contributed by atoms with van der Waals surface area (Å²) in [4.78, 5) is 11.4. The molecule has 0 aliphatic heterocycles. The molecule has 1 N–H and O–H groups in total. The van der Waals surface area contributed by atoms with Gasteiger partial charge < -0.3 is 5.32 Å². The van der Waals surface area contributed by atoms with Gasteiger partial charge in [-0.1, -0.05) is 35.7 Å². The van der Waals surface area contributed by atoms with Crippen LogP contribution in [0.25, 0.3) is 0 Å². The second-order valence-electron chi connectivity index (χ2n) is 4.51. The fourth-order valence-electron chi connectivity index (χ4n) is 2.39. The molecule has 0 unspecified atom stereocenters. The van der Waals surface area contributed by atoms with E-state index in [1.807, 2.05) is 0 Å². The standard InChI is InChI=1S/C12H22BrNO/c1-2-3-10-4-6-11(7-5-10)14-12(15)8-9-13/h10-11H,2-9H2,1H3,(H,14,15). The van der Waals surface area contributed by atoms with Crippen molar-refractivity contribution in [2.45, 2.75) is 57.9 Å². The molecule has 1 amide bonds. The first-order chi connectivity index (χ1) is 7.26. The second-order valence-corrected chi connectivity index (χ2v) is 5.31. The van der Waals surface area contributed by atoms with Crippen LogP contribution in [0.4, 0.5) is 0 Å². The van der Waals surface area contributed by atoms with Crippen LogP contribution in [0.5, 0.6) is 0 Å². The van der Waals surface area contributed by atoms with Crippen LogP contribution in [0.2, 0.25) is 0 Å². The molecule has 1 aliphatic carbocycles. The van der Waals surface area contributed by atoms with Crippen molar-refractivity contribution in [3.63, 3.8) is 0 Å². The first kappa shape index (κ1) is 13.0. The number of amides is 1. The van der Waals surface area contributed by atoms with E-state index in [9.17, 15) is 4.79 Å². The topological polar surface area (TPSA) is 29.1 Å². The molecule has 0 radical (unpaired) electrons. The van der Waals surface area contributed by atoms with Gasteiger partial charge in [0.2, 0.25) is 5.91 Å². The van der Waals surface area contributed by atoms with Gasteiger partial charge in [0.05, 0.1) is 0 Å². The third kappa shape index (κ3) is 5.01. The summed E-state index contributed by atoms with van der Waals surface area (Å²) in [6.45, 7) is 2.25. The Kier molecular flexibility index (Phi) is 6.30. The van der Waals surface area contributed by atoms with E-state index in [-0.39, 0.29) is 5.91 Å². The molecule has 0 aromatic carbocycles. The molecule has 15 heavy (non-hydrogen) atoms. The number of carbonyl (C=O) groups is 1. The van der Waals surface area contributed by atoms with Crippen LogP contribution in [0.3, 0.4) is 0 Å². The zero-order chi connectivity index (χ0) is 11.1. The summed E-state index contributed by atoms with van der Waals surface area (Å²) in [6, 6.07) is 0.449. The van der Waals surface area contributed by atoms with E-state index in [4.69, 9.17) is 0 Å². The molecule has 0 bridgehead atoms. The molecule has 2 nitrogen and oxygen atoms in total. The Morgan fingerprint density at radius 3 is 2.53 bits per heavy atom. The average Bonchev–Trinajstić information content (AvgIpc) is 2.22. The molecule has 0 aromatic heterocycles. The molecule has 1 rings (SSSR count). The largest absolute Gasteiger partial charge is 0.353 e. The molecule has 1 saturated carbocycles. The molecule has 0 atom stereocenters. The van der Waals surface area contributed by atoms with E-state index in [1.165, 1.54) is 38.5 Å². The van der Waals surface area contributed by atoms with E-state index < -0.39 is 0 Å². The highest BCUT2D eigenvalue weighted by molar-refractivity contribution is 9.09. The van der Waals surface area contributed by atoms with Gasteiger partial charge in [-0.25, -0.2) is 0 Å². The summed E-state index contributed by atoms with van der Waals surface area (Å²) in [5, 5.41) is 3.88. The van der Waals surface area contributed by atoms with Gasteiger partial charge in [-0.15, -0.1) is 0 Å². The Labute approximate surface area is 101 Å². The van der Waals surface area contributed by atoms with Crippen LogP contribution < -0.4 is 5.32 Å². The van der Waals surface area contributed by atoms with Crippen molar-refractivity contribution < 1.29 is 4.79 Å². The van der Waals surface area contributed by atoms with Crippen LogP contribution in [0.1, 0.15) is 51.9 Å². The Hall–Kier alpha value is -0.0500. The van der Waals surface area contributed by atoms with E-state index >= 15 is 0 Å². The minimum Gasteiger partial charge on any atom is -0.353 e. The van der Waals surface area contributed by atoms with E-state index in [0.29, 0.717) is 12.5 Å². The van der Waals surface area contributed by atoms with Gasteiger partial charge >= 0.3 is 0 Å². The summed E-state index contributed by atoms with van der Waals surface area (Å²) in [6.07, 6.45) is 8.22. The van der Waals surface area contributed by atoms with Crippen molar-refractivity contribution in [3.05, 3.63) is 0 Å². The lowest BCUT2D eigenvalue weighted by molar-refractivity contribution is -0.121. The molecule has 3 heteroatoms. The lowest BCUT2D eigenvalue weighted by Crippen LogP contribution is -2.37. The van der Waals surface area contributed by atoms with Crippen LogP contribution >= 0.6 is 15.9 Å². The Balaban J connectivity index is 2.16. The number of carbonyl (C=O) groups excluding carboxylic acids is 1. The Bertz CT molecular complexity index is 188. The maximum Gasteiger partial charge on any atom is 0.221 e. The molecule has 1 aliphatic rings. The highest BCUT2D eigenvalue weighted by Crippen LogP contribution is 2.27. The highest BCUT2D eigenvalue weighted by atomic mass is 79.9. The number of hydrogen-bond donors (Lipinski definition) is 1. The quantitative estimate of drug-likeness (QED) is 0.767. The van der Waals surface area contributed by atoms with Crippen LogP contribution in [-0.4, -0.2) is 17.3 Å². The Morgan fingerprint density at radius 2 is 2.00 bits per heavy atom. The number of alkyl halides is 1. The molecule has 1 fully saturated rings. The van der Waals surface area contributed by atoms with Crippen LogP contribution in [0, 0.1) is 5.92 Å². The minimum absolute atomic E-state index is 0.200. The van der Waals surface area contributed by atoms with Crippen LogP contribution in [-0.2, 0) is 4.79 Å². The molecule has 0 saturated heterocycles. The minimum atomic E-state index is 0.200. The summed E-state index contributed by atoms with van der Waals surface area (Å²) in [7, 11) is 0. The van der Waals surface area contributed by atoms with Crippen molar-refractivity contribution in [1.29, 1.82) is 0 Å². The summed E-state index contributed by atoms with van der Waals surface area (Å²) >= 11 is 3.28. The summed E-state index contributed by atoms with van der Waals surface area (Å²) in [5.41, 5.74) is 0. The van der Waals surface area contributed by atoms with Crippen LogP contribution in [0.15, 0.2) is 0 Å². The summed E-state index contributed by atoms with van der Waals surface area (Å²) in [5.74, 6) is 1.12. The highest BCUT2D eigenvalue weighted by Gasteiger charge is 2.21. The maximum atomic E-state index is 11.4. The number of rotatable bonds is 5. The van der Waals surface area contributed by atoms with Gasteiger partial charge in [0.15, 0.2) is 0 Å². The first-order valence-corrected chi connectivity index (χ1v) is 7.23. The normalized spacial score (nSPS) is 26.3. The van der Waals surface area contributed by atoms with Crippen molar-refractivity contribution in [1.82, 2.24) is 5.32 Å². The fourth-order valence-corrected chi connectivity index (χ4v) is 2.75. The first-order valence-electron chi connectivity index (χ1n) is 6.11. The van der Waals surface area contributed by atoms with Gasteiger partial charge in [-0.2, -0.15) is 0 Å². The number of nitrogens with one attached hydrogen (secondary N) is 1. The zero-order valence-corrected chi connectivity index (χ0v) is 11.2. The van der Waals surface area contributed by atoms with Crippen molar-refractivity contribution in [3.8, 4) is 0 Å². The van der Waals surface area contributed by atoms with Crippen molar-refractivity contribution in [2.75, 3.05) is 5.33 Å². The van der Waals surface area contributed by atoms with Gasteiger partial charge in [0, 0.05) is 17.8 Å². The molecular formula is C12H22BrNO. The summed E-state index contributed by atoms with van der Waals surface area (Å²) < 4.78 is 0. The Morgan fingerprint density at radius 1 is 1.33 bits per heavy atom. The van der Waals surface area contributed by atoms with E-state index in [2.05, 4.69) is 28.2 Å². The number of hydrogen-bond acceptors (Lipinski definition) is 1. The predicted octanol–water partition coefficient (Wildman–Crippen LogP) is 3.25. The molecule has 0 aromatic rings. The molecule has 88 valence electrons. The van der Waals surface area contributed by atoms with E-state index in [1.54, 1.807) is 0 Å². The van der Waals surface area contributed by atoms with Gasteiger partial charge in [-0.3, -0.25) is 4.79 Å². The van der Waals surface area contributed by atoms with Gasteiger partial charge in [0.25, 0.3) is 0 Å². The molecule has 0 heterocycles. The molecule has 0 spiro atoms. The third-order valence-corrected chi connectivity index (χ3v) is 3.63. The zero-order valence-electron chi connectivity index (χ0n) is 9.60. The lowest BCUT2D eigenvalue weighted by Gasteiger charge is -2.28. The fraction of sp³-hybridized carbons (Fsp3) is 0.917. The third-order valence-electron chi connectivity index (χ3n) is 3.23. The smallest absolute Gasteiger partial charge is 0.221 e. The monoisotopic (exact) mass is 275 g/mol. The predicted molar refractivity (Wildman–Crippen MR) is 67.2 cm³/mol. The second kappa shape index (κ2) is 7.26. The molecular weight excluding hydrogens is 254 g/mol. The lowest BCUT2D eigenvalue weighted by atomic mass is 9.83. The SMILES string of the molecule is CCCC1CCC(NC(=O)CCBr)CC1. The van der Waals surface area contributed by atoms with Crippen molar-refractivity contribution in [2.24, 2.45) is 5.92 Å². The maximum absolute atomic E-state index is 11.4. The van der Waals surface area contributed by atoms with Gasteiger partial charge in [-0.05, 0) is 31.6 Å². The average molecular weight is 276 g/mol. The van der Waals surface area contributed by atoms with Crippen molar-refractivity contribution >= 4 is 21.8 Å².